The Kier molecular flexibility index (Phi) is 12.5. The lowest BCUT2D eigenvalue weighted by Gasteiger charge is -2.50. The molecule has 0 unspecified atom stereocenters. The number of aromatic nitrogens is 2. The van der Waals surface area contributed by atoms with Gasteiger partial charge < -0.3 is 28.7 Å². The molecule has 1 fully saturated rings. The third-order valence-corrected chi connectivity index (χ3v) is 20.8. The number of ether oxygens (including phenoxy) is 2. The number of rotatable bonds is 15. The highest BCUT2D eigenvalue weighted by molar-refractivity contribution is 6.74. The van der Waals surface area contributed by atoms with Crippen LogP contribution < -0.4 is 16.6 Å². The van der Waals surface area contributed by atoms with Gasteiger partial charge in [0.1, 0.15) is 18.8 Å². The normalized spacial score (nSPS) is 21.7. The largest absolute Gasteiger partial charge is 0.479 e. The molecule has 0 radical (unpaired) electrons. The lowest BCUT2D eigenvalue weighted by molar-refractivity contribution is -0.211. The predicted molar refractivity (Wildman–Crippen MR) is 204 cm³/mol. The van der Waals surface area contributed by atoms with Crippen molar-refractivity contribution in [3.05, 3.63) is 92.3 Å². The number of fused-ring (bicyclic) bond motifs is 3. The fourth-order valence-corrected chi connectivity index (χ4v) is 13.5. The van der Waals surface area contributed by atoms with E-state index in [1.54, 1.807) is 0 Å². The molecule has 1 aliphatic carbocycles. The second-order valence-electron chi connectivity index (χ2n) is 13.9. The van der Waals surface area contributed by atoms with Gasteiger partial charge in [-0.1, -0.05) is 90.1 Å². The van der Waals surface area contributed by atoms with Crippen LogP contribution in [0.3, 0.4) is 0 Å². The van der Waals surface area contributed by atoms with Gasteiger partial charge >= 0.3 is 17.8 Å². The summed E-state index contributed by atoms with van der Waals surface area (Å²) in [5.74, 6) is -1.48. The Hall–Kier alpha value is -3.83. The molecule has 52 heavy (non-hydrogen) atoms. The minimum absolute atomic E-state index is 0.0358. The van der Waals surface area contributed by atoms with Crippen LogP contribution in [0.1, 0.15) is 70.4 Å². The van der Waals surface area contributed by atoms with E-state index in [-0.39, 0.29) is 18.1 Å². The molecule has 1 amide bonds. The molecule has 3 N–H and O–H groups in total. The molecule has 3 aromatic rings. The Morgan fingerprint density at radius 1 is 0.827 bits per heavy atom. The first-order valence-corrected chi connectivity index (χ1v) is 23.6. The number of nitrogens with one attached hydrogen (secondary N) is 2. The summed E-state index contributed by atoms with van der Waals surface area (Å²) in [5.41, 5.74) is 3.09. The number of carboxylic acid groups (broad SMARTS) is 1. The molecule has 2 heterocycles. The zero-order valence-corrected chi connectivity index (χ0v) is 33.3. The van der Waals surface area contributed by atoms with Crippen molar-refractivity contribution in [2.24, 2.45) is 0 Å². The van der Waals surface area contributed by atoms with E-state index >= 15 is 0 Å². The first-order valence-electron chi connectivity index (χ1n) is 18.6. The molecule has 5 rings (SSSR count). The Morgan fingerprint density at radius 2 is 1.33 bits per heavy atom. The van der Waals surface area contributed by atoms with Crippen LogP contribution in [0.5, 0.6) is 0 Å². The zero-order chi connectivity index (χ0) is 37.8. The average Bonchev–Trinajstić information content (AvgIpc) is 3.48. The number of carbonyl (C=O) groups excluding carboxylic acids is 1. The third kappa shape index (κ3) is 7.62. The summed E-state index contributed by atoms with van der Waals surface area (Å²) in [5, 5.41) is 13.7. The first kappa shape index (κ1) is 39.4. The maximum Gasteiger partial charge on any atom is 0.407 e. The Morgan fingerprint density at radius 3 is 1.83 bits per heavy atom. The van der Waals surface area contributed by atoms with Crippen molar-refractivity contribution < 1.29 is 33.0 Å². The second-order valence-corrected chi connectivity index (χ2v) is 23.4. The number of hydrogen-bond acceptors (Lipinski definition) is 8. The summed E-state index contributed by atoms with van der Waals surface area (Å²) in [6.07, 6.45) is -4.51. The van der Waals surface area contributed by atoms with Gasteiger partial charge in [-0.05, 0) is 65.4 Å². The molecule has 2 aromatic carbocycles. The van der Waals surface area contributed by atoms with Gasteiger partial charge in [0.15, 0.2) is 29.0 Å². The van der Waals surface area contributed by atoms with E-state index in [1.165, 1.54) is 13.1 Å². The number of nitrogens with zero attached hydrogens (tertiary/aromatic N) is 1. The van der Waals surface area contributed by atoms with Crippen molar-refractivity contribution in [2.45, 2.75) is 121 Å². The molecule has 14 heteroatoms. The molecular weight excluding hydrogens is 699 g/mol. The summed E-state index contributed by atoms with van der Waals surface area (Å²) in [6, 6.07) is 19.4. The number of alkyl carbamates (subject to hydrolysis) is 1. The summed E-state index contributed by atoms with van der Waals surface area (Å²) in [7, 11) is -5.05. The molecule has 282 valence electrons. The van der Waals surface area contributed by atoms with Crippen LogP contribution in [0.15, 0.2) is 64.3 Å². The standard InChI is InChI=1S/C38H53N3O9Si2/c1-8-51(9-2,10-3)49-31-30(39-38(46)47-23-29-27-20-16-14-18-25(27)26-19-15-17-21-28(26)29)35(41-22-24(7)34(42)40-37(41)45)48-33(36(43)44)32(31)50-52(11-4,12-5)13-6/h14-22,29-33,35H,8-13,23H2,1-7H3,(H,39,46)(H,43,44)(H,40,42,45)/t30-,31-,32+,33+,35-/m1/s1. The molecular formula is C38H53N3O9Si2. The SMILES string of the molecule is CC[Si](CC)(CC)O[C@@H]1[C@@H](NC(=O)OCC2c3ccccc3-c3ccccc32)[C@H](n2cc(C)c(=O)[nH]c2=O)O[C@H](C(=O)O)[C@H]1O[Si](CC)(CC)CC. The molecule has 0 saturated carbocycles. The summed E-state index contributed by atoms with van der Waals surface area (Å²) in [4.78, 5) is 55.3. The van der Waals surface area contributed by atoms with Crippen molar-refractivity contribution in [1.29, 1.82) is 0 Å². The van der Waals surface area contributed by atoms with Crippen molar-refractivity contribution >= 4 is 28.7 Å². The van der Waals surface area contributed by atoms with Gasteiger partial charge in [-0.25, -0.2) is 14.4 Å². The Bertz CT molecular complexity index is 1790. The number of H-pyrrole nitrogens is 1. The quantitative estimate of drug-likeness (QED) is 0.147. The predicted octanol–water partition coefficient (Wildman–Crippen LogP) is 6.52. The molecule has 2 aliphatic rings. The Balaban J connectivity index is 1.59. The highest BCUT2D eigenvalue weighted by Crippen LogP contribution is 2.45. The van der Waals surface area contributed by atoms with Gasteiger partial charge in [-0.3, -0.25) is 14.3 Å². The van der Waals surface area contributed by atoms with E-state index < -0.39 is 70.5 Å². The summed E-state index contributed by atoms with van der Waals surface area (Å²) >= 11 is 0. The van der Waals surface area contributed by atoms with Crippen LogP contribution in [0.4, 0.5) is 4.79 Å². The number of aryl methyl sites for hydroxylation is 1. The number of aromatic amines is 1. The van der Waals surface area contributed by atoms with Crippen LogP contribution >= 0.6 is 0 Å². The number of benzene rings is 2. The zero-order valence-electron chi connectivity index (χ0n) is 31.3. The second kappa shape index (κ2) is 16.5. The van der Waals surface area contributed by atoms with Crippen molar-refractivity contribution in [2.75, 3.05) is 6.61 Å². The minimum atomic E-state index is -2.54. The molecule has 1 aromatic heterocycles. The minimum Gasteiger partial charge on any atom is -0.479 e. The van der Waals surface area contributed by atoms with Gasteiger partial charge in [0.2, 0.25) is 0 Å². The smallest absolute Gasteiger partial charge is 0.407 e. The summed E-state index contributed by atoms with van der Waals surface area (Å²) < 4.78 is 27.6. The fraction of sp³-hybridized carbons (Fsp3) is 0.526. The van der Waals surface area contributed by atoms with E-state index in [0.29, 0.717) is 0 Å². The molecule has 12 nitrogen and oxygen atoms in total. The van der Waals surface area contributed by atoms with Gasteiger partial charge in [0, 0.05) is 17.7 Å². The maximum atomic E-state index is 14.0. The van der Waals surface area contributed by atoms with Crippen LogP contribution in [-0.4, -0.2) is 74.3 Å². The molecule has 5 atom stereocenters. The van der Waals surface area contributed by atoms with Crippen LogP contribution in [0, 0.1) is 6.92 Å². The molecule has 0 spiro atoms. The van der Waals surface area contributed by atoms with Gasteiger partial charge in [0.25, 0.3) is 5.56 Å². The molecule has 1 saturated heterocycles. The van der Waals surface area contributed by atoms with E-state index in [0.717, 1.165) is 63.1 Å². The third-order valence-electron chi connectivity index (χ3n) is 11.5. The van der Waals surface area contributed by atoms with Crippen molar-refractivity contribution in [1.82, 2.24) is 14.9 Å². The van der Waals surface area contributed by atoms with Crippen LogP contribution in [0.25, 0.3) is 11.1 Å². The number of aliphatic carboxylic acids is 1. The van der Waals surface area contributed by atoms with Gasteiger partial charge in [-0.15, -0.1) is 0 Å². The number of carboxylic acids is 1. The van der Waals surface area contributed by atoms with Crippen molar-refractivity contribution in [3.8, 4) is 11.1 Å². The van der Waals surface area contributed by atoms with E-state index in [2.05, 4.69) is 64.0 Å². The maximum absolute atomic E-state index is 14.0. The average molecular weight is 752 g/mol. The lowest BCUT2D eigenvalue weighted by Crippen LogP contribution is -2.68. The number of carbonyl (C=O) groups is 2. The topological polar surface area (TPSA) is 158 Å². The molecule has 0 bridgehead atoms. The fourth-order valence-electron chi connectivity index (χ4n) is 7.84. The number of hydrogen-bond donors (Lipinski definition) is 3. The summed E-state index contributed by atoms with van der Waals surface area (Å²) in [6.45, 7) is 13.9. The highest BCUT2D eigenvalue weighted by Gasteiger charge is 2.55. The van der Waals surface area contributed by atoms with Gasteiger partial charge in [-0.2, -0.15) is 0 Å². The van der Waals surface area contributed by atoms with Crippen LogP contribution in [0.2, 0.25) is 36.3 Å². The van der Waals surface area contributed by atoms with Gasteiger partial charge in [0.05, 0.1) is 6.10 Å². The van der Waals surface area contributed by atoms with E-state index in [9.17, 15) is 24.3 Å². The monoisotopic (exact) mass is 751 g/mol. The highest BCUT2D eigenvalue weighted by atomic mass is 28.4. The van der Waals surface area contributed by atoms with E-state index in [4.69, 9.17) is 18.3 Å². The number of amides is 1. The Labute approximate surface area is 307 Å². The van der Waals surface area contributed by atoms with Crippen molar-refractivity contribution in [3.63, 3.8) is 0 Å². The lowest BCUT2D eigenvalue weighted by atomic mass is 9.95. The van der Waals surface area contributed by atoms with E-state index in [1.807, 2.05) is 36.4 Å². The molecule has 1 aliphatic heterocycles. The first-order chi connectivity index (χ1) is 24.9. The van der Waals surface area contributed by atoms with Crippen LogP contribution in [-0.2, 0) is 23.1 Å².